The molecular formula is C16H15ClO2. The molecule has 0 aliphatic carbocycles. The summed E-state index contributed by atoms with van der Waals surface area (Å²) >= 11 is 5.96. The largest absolute Gasteiger partial charge is 0.496 e. The van der Waals surface area contributed by atoms with E-state index in [2.05, 4.69) is 0 Å². The van der Waals surface area contributed by atoms with E-state index in [-0.39, 0.29) is 5.92 Å². The summed E-state index contributed by atoms with van der Waals surface area (Å²) in [5.41, 5.74) is 1.94. The van der Waals surface area contributed by atoms with Crippen molar-refractivity contribution in [3.8, 4) is 5.75 Å². The number of methoxy groups -OCH3 is 1. The Morgan fingerprint density at radius 1 is 1.21 bits per heavy atom. The van der Waals surface area contributed by atoms with Crippen molar-refractivity contribution in [2.24, 2.45) is 0 Å². The summed E-state index contributed by atoms with van der Waals surface area (Å²) in [6.45, 7) is 0. The average molecular weight is 275 g/mol. The second kappa shape index (κ2) is 6.39. The summed E-state index contributed by atoms with van der Waals surface area (Å²) < 4.78 is 5.30. The fraction of sp³-hybridized carbons (Fsp3) is 0.188. The molecule has 0 radical (unpaired) electrons. The van der Waals surface area contributed by atoms with Gasteiger partial charge in [0.15, 0.2) is 0 Å². The molecule has 0 spiro atoms. The van der Waals surface area contributed by atoms with Gasteiger partial charge in [0.25, 0.3) is 0 Å². The van der Waals surface area contributed by atoms with Crippen LogP contribution in [0.15, 0.2) is 48.5 Å². The second-order valence-electron chi connectivity index (χ2n) is 4.32. The first-order valence-corrected chi connectivity index (χ1v) is 6.45. The molecule has 2 aromatic carbocycles. The van der Waals surface area contributed by atoms with Gasteiger partial charge in [0, 0.05) is 16.5 Å². The molecule has 2 rings (SSSR count). The highest BCUT2D eigenvalue weighted by Gasteiger charge is 2.15. The van der Waals surface area contributed by atoms with E-state index in [1.54, 1.807) is 7.11 Å². The predicted octanol–water partition coefficient (Wildman–Crippen LogP) is 3.87. The Kier molecular flexibility index (Phi) is 4.58. The summed E-state index contributed by atoms with van der Waals surface area (Å²) in [5.74, 6) is 0.510. The van der Waals surface area contributed by atoms with Gasteiger partial charge in [-0.3, -0.25) is 0 Å². The Balaban J connectivity index is 2.27. The molecule has 2 aromatic rings. The Hall–Kier alpha value is -1.80. The van der Waals surface area contributed by atoms with Crippen LogP contribution in [0.3, 0.4) is 0 Å². The van der Waals surface area contributed by atoms with Gasteiger partial charge in [-0.2, -0.15) is 0 Å². The molecule has 3 heteroatoms. The lowest BCUT2D eigenvalue weighted by atomic mass is 9.92. The number of ether oxygens (including phenoxy) is 1. The lowest BCUT2D eigenvalue weighted by Gasteiger charge is -2.14. The number of aldehydes is 1. The van der Waals surface area contributed by atoms with Crippen LogP contribution in [0.25, 0.3) is 0 Å². The Morgan fingerprint density at radius 2 is 2.00 bits per heavy atom. The van der Waals surface area contributed by atoms with E-state index >= 15 is 0 Å². The summed E-state index contributed by atoms with van der Waals surface area (Å²) in [4.78, 5) is 11.4. The lowest BCUT2D eigenvalue weighted by molar-refractivity contribution is -0.109. The van der Waals surface area contributed by atoms with Crippen LogP contribution in [-0.2, 0) is 11.2 Å². The van der Waals surface area contributed by atoms with Crippen molar-refractivity contribution in [2.45, 2.75) is 12.3 Å². The molecular weight excluding hydrogens is 260 g/mol. The van der Waals surface area contributed by atoms with E-state index in [0.29, 0.717) is 11.4 Å². The Labute approximate surface area is 118 Å². The first-order chi connectivity index (χ1) is 9.24. The highest BCUT2D eigenvalue weighted by Crippen LogP contribution is 2.28. The van der Waals surface area contributed by atoms with E-state index in [1.165, 1.54) is 0 Å². The van der Waals surface area contributed by atoms with E-state index in [0.717, 1.165) is 23.2 Å². The number of halogens is 1. The summed E-state index contributed by atoms with van der Waals surface area (Å²) in [6, 6.07) is 15.2. The molecule has 1 atom stereocenters. The third-order valence-corrected chi connectivity index (χ3v) is 3.28. The predicted molar refractivity (Wildman–Crippen MR) is 77.0 cm³/mol. The molecule has 0 aliphatic rings. The molecule has 1 unspecified atom stereocenters. The van der Waals surface area contributed by atoms with Gasteiger partial charge in [-0.15, -0.1) is 0 Å². The standard InChI is InChI=1S/C16H15ClO2/c1-19-16-8-3-2-7-15(16)13(11-18)9-12-5-4-6-14(17)10-12/h2-8,10-11,13H,9H2,1H3. The van der Waals surface area contributed by atoms with Gasteiger partial charge in [-0.1, -0.05) is 41.9 Å². The molecule has 0 aliphatic heterocycles. The molecule has 0 N–H and O–H groups in total. The van der Waals surface area contributed by atoms with Crippen LogP contribution in [0.4, 0.5) is 0 Å². The number of hydrogen-bond donors (Lipinski definition) is 0. The van der Waals surface area contributed by atoms with Gasteiger partial charge in [0.1, 0.15) is 12.0 Å². The van der Waals surface area contributed by atoms with Gasteiger partial charge in [0.05, 0.1) is 7.11 Å². The molecule has 0 aromatic heterocycles. The quantitative estimate of drug-likeness (QED) is 0.774. The number of para-hydroxylation sites is 1. The summed E-state index contributed by atoms with van der Waals surface area (Å²) in [5, 5.41) is 0.683. The molecule has 0 bridgehead atoms. The second-order valence-corrected chi connectivity index (χ2v) is 4.76. The number of carbonyl (C=O) groups is 1. The van der Waals surface area contributed by atoms with Crippen molar-refractivity contribution in [1.29, 1.82) is 0 Å². The van der Waals surface area contributed by atoms with Crippen molar-refractivity contribution in [1.82, 2.24) is 0 Å². The molecule has 19 heavy (non-hydrogen) atoms. The minimum atomic E-state index is -0.227. The molecule has 2 nitrogen and oxygen atoms in total. The van der Waals surface area contributed by atoms with Gasteiger partial charge < -0.3 is 9.53 Å². The smallest absolute Gasteiger partial charge is 0.127 e. The van der Waals surface area contributed by atoms with Crippen molar-refractivity contribution in [3.05, 3.63) is 64.7 Å². The van der Waals surface area contributed by atoms with E-state index in [9.17, 15) is 4.79 Å². The maximum Gasteiger partial charge on any atom is 0.127 e. The van der Waals surface area contributed by atoms with Gasteiger partial charge >= 0.3 is 0 Å². The number of benzene rings is 2. The molecule has 0 fully saturated rings. The maximum atomic E-state index is 11.4. The van der Waals surface area contributed by atoms with Crippen LogP contribution < -0.4 is 4.74 Å². The SMILES string of the molecule is COc1ccccc1C(C=O)Cc1cccc(Cl)c1. The topological polar surface area (TPSA) is 26.3 Å². The minimum Gasteiger partial charge on any atom is -0.496 e. The van der Waals surface area contributed by atoms with Crippen molar-refractivity contribution in [3.63, 3.8) is 0 Å². The van der Waals surface area contributed by atoms with Crippen LogP contribution in [0.1, 0.15) is 17.0 Å². The third kappa shape index (κ3) is 3.36. The highest BCUT2D eigenvalue weighted by molar-refractivity contribution is 6.30. The number of hydrogen-bond acceptors (Lipinski definition) is 2. The molecule has 0 saturated heterocycles. The molecule has 98 valence electrons. The Bertz CT molecular complexity index is 566. The van der Waals surface area contributed by atoms with Gasteiger partial charge in [-0.25, -0.2) is 0 Å². The molecule has 0 saturated carbocycles. The van der Waals surface area contributed by atoms with Crippen LogP contribution in [0, 0.1) is 0 Å². The molecule has 0 amide bonds. The zero-order valence-electron chi connectivity index (χ0n) is 10.7. The zero-order chi connectivity index (χ0) is 13.7. The van der Waals surface area contributed by atoms with Crippen molar-refractivity contribution >= 4 is 17.9 Å². The van der Waals surface area contributed by atoms with E-state index in [4.69, 9.17) is 16.3 Å². The first-order valence-electron chi connectivity index (χ1n) is 6.07. The zero-order valence-corrected chi connectivity index (χ0v) is 11.4. The van der Waals surface area contributed by atoms with Crippen molar-refractivity contribution < 1.29 is 9.53 Å². The fourth-order valence-corrected chi connectivity index (χ4v) is 2.33. The normalized spacial score (nSPS) is 11.9. The maximum absolute atomic E-state index is 11.4. The van der Waals surface area contributed by atoms with Crippen LogP contribution in [0.2, 0.25) is 5.02 Å². The van der Waals surface area contributed by atoms with E-state index < -0.39 is 0 Å². The summed E-state index contributed by atoms with van der Waals surface area (Å²) in [6.07, 6.45) is 1.57. The first kappa shape index (κ1) is 13.6. The number of rotatable bonds is 5. The van der Waals surface area contributed by atoms with Gasteiger partial charge in [-0.05, 0) is 30.2 Å². The van der Waals surface area contributed by atoms with Crippen LogP contribution in [0.5, 0.6) is 5.75 Å². The minimum absolute atomic E-state index is 0.227. The van der Waals surface area contributed by atoms with Crippen LogP contribution in [-0.4, -0.2) is 13.4 Å². The van der Waals surface area contributed by atoms with Crippen molar-refractivity contribution in [2.75, 3.05) is 7.11 Å². The summed E-state index contributed by atoms with van der Waals surface area (Å²) in [7, 11) is 1.61. The molecule has 0 heterocycles. The third-order valence-electron chi connectivity index (χ3n) is 3.05. The lowest BCUT2D eigenvalue weighted by Crippen LogP contribution is -2.06. The number of carbonyl (C=O) groups excluding carboxylic acids is 1. The Morgan fingerprint density at radius 3 is 2.68 bits per heavy atom. The van der Waals surface area contributed by atoms with E-state index in [1.807, 2.05) is 48.5 Å². The monoisotopic (exact) mass is 274 g/mol. The van der Waals surface area contributed by atoms with Crippen LogP contribution >= 0.6 is 11.6 Å². The highest BCUT2D eigenvalue weighted by atomic mass is 35.5. The fourth-order valence-electron chi connectivity index (χ4n) is 2.12. The average Bonchev–Trinajstić information content (AvgIpc) is 2.45. The van der Waals surface area contributed by atoms with Gasteiger partial charge in [0.2, 0.25) is 0 Å².